The number of allylic oxidation sites excluding steroid dienone is 2. The van der Waals surface area contributed by atoms with Gasteiger partial charge in [0.15, 0.2) is 0 Å². The summed E-state index contributed by atoms with van der Waals surface area (Å²) in [5.41, 5.74) is 1.39. The molecule has 0 unspecified atom stereocenters. The number of carboxylic acids is 1. The zero-order chi connectivity index (χ0) is 16.1. The predicted molar refractivity (Wildman–Crippen MR) is 83.7 cm³/mol. The Balaban J connectivity index is 0.000000486. The molecule has 4 nitrogen and oxygen atoms in total. The highest BCUT2D eigenvalue weighted by Crippen LogP contribution is 2.02. The molecule has 1 N–H and O–H groups in total. The average molecular weight is 288 g/mol. The number of hydrogen-bond acceptors (Lipinski definition) is 3. The molecular formula is C17H20O4. The normalized spacial score (nSPS) is 10.5. The minimum absolute atomic E-state index is 0.331. The second-order valence-electron chi connectivity index (χ2n) is 3.88. The van der Waals surface area contributed by atoms with Gasteiger partial charge in [0.1, 0.15) is 0 Å². The summed E-state index contributed by atoms with van der Waals surface area (Å²) in [6.07, 6.45) is 6.32. The van der Waals surface area contributed by atoms with Gasteiger partial charge in [-0.2, -0.15) is 0 Å². The van der Waals surface area contributed by atoms with E-state index >= 15 is 0 Å². The van der Waals surface area contributed by atoms with Crippen molar-refractivity contribution in [1.82, 2.24) is 0 Å². The molecule has 1 aromatic carbocycles. The minimum Gasteiger partial charge on any atom is -0.478 e. The number of benzene rings is 1. The Kier molecular flexibility index (Phi) is 9.83. The van der Waals surface area contributed by atoms with Crippen LogP contribution in [0, 0.1) is 0 Å². The van der Waals surface area contributed by atoms with Crippen LogP contribution in [0.3, 0.4) is 0 Å². The first-order valence-electron chi connectivity index (χ1n) is 6.43. The van der Waals surface area contributed by atoms with Gasteiger partial charge in [-0.15, -0.1) is 0 Å². The van der Waals surface area contributed by atoms with Crippen molar-refractivity contribution in [3.63, 3.8) is 0 Å². The second kappa shape index (κ2) is 11.2. The van der Waals surface area contributed by atoms with E-state index in [0.717, 1.165) is 11.6 Å². The number of carbonyl (C=O) groups is 2. The van der Waals surface area contributed by atoms with Crippen LogP contribution in [0.4, 0.5) is 0 Å². The molecule has 0 heterocycles. The van der Waals surface area contributed by atoms with E-state index in [4.69, 9.17) is 5.11 Å². The molecule has 0 aliphatic heterocycles. The maximum Gasteiger partial charge on any atom is 0.331 e. The fraction of sp³-hybridized carbons (Fsp3) is 0.176. The Labute approximate surface area is 125 Å². The highest BCUT2D eigenvalue weighted by molar-refractivity contribution is 5.86. The smallest absolute Gasteiger partial charge is 0.331 e. The Bertz CT molecular complexity index is 513. The average Bonchev–Trinajstić information content (AvgIpc) is 2.49. The maximum atomic E-state index is 10.4. The number of hydrogen-bond donors (Lipinski definition) is 1. The molecule has 1 rings (SSSR count). The van der Waals surface area contributed by atoms with E-state index in [1.54, 1.807) is 26.0 Å². The van der Waals surface area contributed by atoms with Crippen LogP contribution in [0.2, 0.25) is 0 Å². The van der Waals surface area contributed by atoms with Gasteiger partial charge in [-0.3, -0.25) is 0 Å². The van der Waals surface area contributed by atoms with Gasteiger partial charge in [0, 0.05) is 11.6 Å². The van der Waals surface area contributed by atoms with Gasteiger partial charge >= 0.3 is 11.9 Å². The molecule has 21 heavy (non-hydrogen) atoms. The zero-order valence-electron chi connectivity index (χ0n) is 12.3. The third-order valence-electron chi connectivity index (χ3n) is 2.23. The summed E-state index contributed by atoms with van der Waals surface area (Å²) in [5.74, 6) is -1.25. The minimum atomic E-state index is -0.886. The summed E-state index contributed by atoms with van der Waals surface area (Å²) in [6, 6.07) is 9.73. The van der Waals surface area contributed by atoms with Gasteiger partial charge in [0.2, 0.25) is 0 Å². The van der Waals surface area contributed by atoms with Gasteiger partial charge in [-0.25, -0.2) is 9.59 Å². The van der Waals surface area contributed by atoms with Gasteiger partial charge in [0.05, 0.1) is 6.61 Å². The summed E-state index contributed by atoms with van der Waals surface area (Å²) in [7, 11) is 0. The number of ether oxygens (including phenoxy) is 1. The molecular weight excluding hydrogens is 268 g/mol. The monoisotopic (exact) mass is 288 g/mol. The van der Waals surface area contributed by atoms with Crippen LogP contribution in [0.1, 0.15) is 19.4 Å². The van der Waals surface area contributed by atoms with Crippen LogP contribution in [-0.4, -0.2) is 23.7 Å². The van der Waals surface area contributed by atoms with Gasteiger partial charge in [-0.05, 0) is 19.4 Å². The molecule has 0 aliphatic rings. The van der Waals surface area contributed by atoms with Crippen molar-refractivity contribution in [2.24, 2.45) is 0 Å². The largest absolute Gasteiger partial charge is 0.478 e. The van der Waals surface area contributed by atoms with Crippen LogP contribution in [0.25, 0.3) is 6.08 Å². The molecule has 4 heteroatoms. The van der Waals surface area contributed by atoms with Crippen LogP contribution >= 0.6 is 0 Å². The van der Waals surface area contributed by atoms with Crippen LogP contribution in [0.5, 0.6) is 0 Å². The summed E-state index contributed by atoms with van der Waals surface area (Å²) < 4.78 is 4.43. The number of rotatable bonds is 5. The van der Waals surface area contributed by atoms with Crippen molar-refractivity contribution in [1.29, 1.82) is 0 Å². The highest BCUT2D eigenvalue weighted by Gasteiger charge is 1.95. The van der Waals surface area contributed by atoms with E-state index in [-0.39, 0.29) is 5.97 Å². The molecule has 0 saturated carbocycles. The van der Waals surface area contributed by atoms with Crippen molar-refractivity contribution in [2.45, 2.75) is 13.8 Å². The first kappa shape index (κ1) is 18.4. The van der Waals surface area contributed by atoms with Crippen LogP contribution in [-0.2, 0) is 14.3 Å². The van der Waals surface area contributed by atoms with E-state index < -0.39 is 5.97 Å². The lowest BCUT2D eigenvalue weighted by Crippen LogP contribution is -1.97. The van der Waals surface area contributed by atoms with Crippen LogP contribution < -0.4 is 0 Å². The third-order valence-corrected chi connectivity index (χ3v) is 2.23. The zero-order valence-corrected chi connectivity index (χ0v) is 12.3. The Morgan fingerprint density at radius 2 is 1.90 bits per heavy atom. The predicted octanol–water partition coefficient (Wildman–Crippen LogP) is 3.47. The Hall–Kier alpha value is -2.62. The molecule has 0 saturated heterocycles. The van der Waals surface area contributed by atoms with Crippen molar-refractivity contribution in [3.05, 3.63) is 66.3 Å². The van der Waals surface area contributed by atoms with Crippen molar-refractivity contribution < 1.29 is 19.4 Å². The fourth-order valence-electron chi connectivity index (χ4n) is 1.14. The lowest BCUT2D eigenvalue weighted by atomic mass is 10.2. The summed E-state index contributed by atoms with van der Waals surface area (Å²) in [6.45, 7) is 6.94. The molecule has 0 bridgehead atoms. The number of carboxylic acid groups (broad SMARTS) is 1. The van der Waals surface area contributed by atoms with Gasteiger partial charge < -0.3 is 9.84 Å². The molecule has 0 atom stereocenters. The first-order chi connectivity index (χ1) is 10.0. The van der Waals surface area contributed by atoms with Gasteiger partial charge in [0.25, 0.3) is 0 Å². The molecule has 0 aliphatic carbocycles. The Morgan fingerprint density at radius 3 is 2.33 bits per heavy atom. The standard InChI is InChI=1S/C12H12O2.C5H8O2/c1-10(12(13)14)6-5-9-11-7-3-2-4-8-11;1-3-5(6)7-4-2/h2-9H,1H3,(H,13,14);3H,1,4H2,2H3. The number of esters is 1. The van der Waals surface area contributed by atoms with Gasteiger partial charge in [-0.1, -0.05) is 55.1 Å². The number of aliphatic carboxylic acids is 1. The second-order valence-corrected chi connectivity index (χ2v) is 3.88. The highest BCUT2D eigenvalue weighted by atomic mass is 16.5. The van der Waals surface area contributed by atoms with E-state index in [1.165, 1.54) is 0 Å². The van der Waals surface area contributed by atoms with E-state index in [1.807, 2.05) is 36.4 Å². The van der Waals surface area contributed by atoms with Crippen molar-refractivity contribution in [2.75, 3.05) is 6.61 Å². The van der Waals surface area contributed by atoms with E-state index in [2.05, 4.69) is 11.3 Å². The van der Waals surface area contributed by atoms with Crippen molar-refractivity contribution >= 4 is 18.0 Å². The third kappa shape index (κ3) is 9.90. The quantitative estimate of drug-likeness (QED) is 0.512. The molecule has 0 spiro atoms. The molecule has 0 amide bonds. The van der Waals surface area contributed by atoms with Crippen LogP contribution in [0.15, 0.2) is 60.7 Å². The molecule has 0 radical (unpaired) electrons. The topological polar surface area (TPSA) is 63.6 Å². The summed E-state index contributed by atoms with van der Waals surface area (Å²) in [5, 5.41) is 8.58. The fourth-order valence-corrected chi connectivity index (χ4v) is 1.14. The molecule has 112 valence electrons. The van der Waals surface area contributed by atoms with E-state index in [9.17, 15) is 9.59 Å². The molecule has 1 aromatic rings. The lowest BCUT2D eigenvalue weighted by Gasteiger charge is -1.90. The van der Waals surface area contributed by atoms with E-state index in [0.29, 0.717) is 12.2 Å². The molecule has 0 fully saturated rings. The summed E-state index contributed by atoms with van der Waals surface area (Å²) >= 11 is 0. The maximum absolute atomic E-state index is 10.4. The Morgan fingerprint density at radius 1 is 1.29 bits per heavy atom. The SMILES string of the molecule is C=CC(=O)OCC.CC(=CC=Cc1ccccc1)C(=O)O. The first-order valence-corrected chi connectivity index (χ1v) is 6.43. The molecule has 0 aromatic heterocycles. The lowest BCUT2D eigenvalue weighted by molar-refractivity contribution is -0.137. The number of carbonyl (C=O) groups excluding carboxylic acids is 1. The summed E-state index contributed by atoms with van der Waals surface area (Å²) in [4.78, 5) is 20.5. The van der Waals surface area contributed by atoms with Crippen molar-refractivity contribution in [3.8, 4) is 0 Å².